The van der Waals surface area contributed by atoms with Gasteiger partial charge in [0.25, 0.3) is 0 Å². The van der Waals surface area contributed by atoms with E-state index in [0.29, 0.717) is 17.9 Å². The summed E-state index contributed by atoms with van der Waals surface area (Å²) < 4.78 is 15.1. The molecule has 1 aromatic heterocycles. The van der Waals surface area contributed by atoms with E-state index in [2.05, 4.69) is 16.1 Å². The predicted octanol–water partition coefficient (Wildman–Crippen LogP) is 2.40. The smallest absolute Gasteiger partial charge is 0.123 e. The summed E-state index contributed by atoms with van der Waals surface area (Å²) in [6.07, 6.45) is 2.26. The second kappa shape index (κ2) is 5.73. The summed E-state index contributed by atoms with van der Waals surface area (Å²) in [6, 6.07) is 8.98. The molecule has 0 amide bonds. The predicted molar refractivity (Wildman–Crippen MR) is 86.5 cm³/mol. The first-order valence-corrected chi connectivity index (χ1v) is 8.30. The third-order valence-corrected chi connectivity index (χ3v) is 5.53. The van der Waals surface area contributed by atoms with Crippen LogP contribution >= 0.6 is 0 Å². The van der Waals surface area contributed by atoms with Gasteiger partial charge in [-0.15, -0.1) is 0 Å². The molecule has 3 fully saturated rings. The summed E-state index contributed by atoms with van der Waals surface area (Å²) in [5.41, 5.74) is 3.09. The summed E-state index contributed by atoms with van der Waals surface area (Å²) in [5, 5.41) is 14.1. The molecule has 23 heavy (non-hydrogen) atoms. The number of hydrogen-bond donors (Lipinski definition) is 1. The Morgan fingerprint density at radius 3 is 2.74 bits per heavy atom. The van der Waals surface area contributed by atoms with Gasteiger partial charge >= 0.3 is 0 Å². The van der Waals surface area contributed by atoms with Crippen molar-refractivity contribution in [3.8, 4) is 11.3 Å². The number of aliphatic hydroxyl groups excluding tert-OH is 1. The maximum atomic E-state index is 13.1. The van der Waals surface area contributed by atoms with E-state index in [0.717, 1.165) is 30.8 Å². The normalized spacial score (nSPS) is 29.9. The van der Waals surface area contributed by atoms with Gasteiger partial charge in [-0.2, -0.15) is 5.10 Å². The summed E-state index contributed by atoms with van der Waals surface area (Å²) in [6.45, 7) is 2.35. The molecule has 4 heterocycles. The van der Waals surface area contributed by atoms with Crippen molar-refractivity contribution >= 4 is 0 Å². The van der Waals surface area contributed by atoms with Crippen molar-refractivity contribution in [2.24, 2.45) is 13.0 Å². The van der Waals surface area contributed by atoms with E-state index in [1.165, 1.54) is 24.2 Å². The maximum absolute atomic E-state index is 13.1. The van der Waals surface area contributed by atoms with Crippen LogP contribution in [0.1, 0.15) is 24.5 Å². The molecule has 0 spiro atoms. The van der Waals surface area contributed by atoms with Gasteiger partial charge in [0.2, 0.25) is 0 Å². The van der Waals surface area contributed by atoms with Crippen molar-refractivity contribution in [3.05, 3.63) is 41.8 Å². The Bertz CT molecular complexity index is 697. The van der Waals surface area contributed by atoms with Crippen LogP contribution in [0.15, 0.2) is 30.3 Å². The Kier molecular flexibility index (Phi) is 3.70. The molecule has 3 aliphatic rings. The minimum Gasteiger partial charge on any atom is -0.395 e. The Morgan fingerprint density at radius 2 is 2.09 bits per heavy atom. The van der Waals surface area contributed by atoms with Crippen LogP contribution in [-0.2, 0) is 7.05 Å². The number of nitrogens with zero attached hydrogens (tertiary/aromatic N) is 3. The highest BCUT2D eigenvalue weighted by molar-refractivity contribution is 5.59. The second-order valence-corrected chi connectivity index (χ2v) is 6.81. The average Bonchev–Trinajstić information content (AvgIpc) is 2.97. The van der Waals surface area contributed by atoms with E-state index >= 15 is 0 Å². The minimum absolute atomic E-state index is 0.225. The van der Waals surface area contributed by atoms with Crippen LogP contribution in [0, 0.1) is 11.7 Å². The Balaban J connectivity index is 1.62. The zero-order valence-corrected chi connectivity index (χ0v) is 13.3. The molecule has 3 saturated heterocycles. The van der Waals surface area contributed by atoms with Crippen LogP contribution < -0.4 is 0 Å². The molecule has 1 unspecified atom stereocenters. The third-order valence-electron chi connectivity index (χ3n) is 5.53. The third kappa shape index (κ3) is 2.58. The van der Waals surface area contributed by atoms with Crippen LogP contribution in [0.5, 0.6) is 0 Å². The summed E-state index contributed by atoms with van der Waals surface area (Å²) in [4.78, 5) is 2.41. The Morgan fingerprint density at radius 1 is 1.30 bits per heavy atom. The fourth-order valence-corrected chi connectivity index (χ4v) is 4.25. The number of fused-ring (bicyclic) bond motifs is 3. The average molecular weight is 315 g/mol. The molecule has 1 aromatic carbocycles. The molecule has 2 aromatic rings. The molecule has 0 aliphatic carbocycles. The fourth-order valence-electron chi connectivity index (χ4n) is 4.25. The van der Waals surface area contributed by atoms with E-state index in [9.17, 15) is 9.50 Å². The van der Waals surface area contributed by atoms with Crippen molar-refractivity contribution in [1.82, 2.24) is 14.7 Å². The quantitative estimate of drug-likeness (QED) is 0.945. The molecule has 0 radical (unpaired) electrons. The Labute approximate surface area is 135 Å². The summed E-state index contributed by atoms with van der Waals surface area (Å²) in [5.74, 6) is 0.865. The lowest BCUT2D eigenvalue weighted by atomic mass is 9.74. The van der Waals surface area contributed by atoms with Gasteiger partial charge in [0.15, 0.2) is 0 Å². The molecule has 0 saturated carbocycles. The molecular weight excluding hydrogens is 293 g/mol. The maximum Gasteiger partial charge on any atom is 0.123 e. The van der Waals surface area contributed by atoms with Gasteiger partial charge in [0.1, 0.15) is 5.82 Å². The van der Waals surface area contributed by atoms with E-state index in [-0.39, 0.29) is 12.4 Å². The van der Waals surface area contributed by atoms with Crippen LogP contribution in [0.3, 0.4) is 0 Å². The zero-order valence-electron chi connectivity index (χ0n) is 13.3. The SMILES string of the molecule is Cn1nc(-c2ccc(F)cc2)cc1[C@@H]1CN2CC[C@H]1C[C@@H]2CO. The number of aliphatic hydroxyl groups is 1. The van der Waals surface area contributed by atoms with Gasteiger partial charge < -0.3 is 5.11 Å². The molecule has 5 rings (SSSR count). The number of rotatable bonds is 3. The summed E-state index contributed by atoms with van der Waals surface area (Å²) >= 11 is 0. The molecule has 1 N–H and O–H groups in total. The van der Waals surface area contributed by atoms with Crippen molar-refractivity contribution in [2.75, 3.05) is 19.7 Å². The van der Waals surface area contributed by atoms with Gasteiger partial charge in [-0.25, -0.2) is 4.39 Å². The fraction of sp³-hybridized carbons (Fsp3) is 0.500. The Hall–Kier alpha value is -1.72. The van der Waals surface area contributed by atoms with Crippen molar-refractivity contribution in [1.29, 1.82) is 0 Å². The van der Waals surface area contributed by atoms with Gasteiger partial charge in [-0.1, -0.05) is 0 Å². The molecule has 3 aliphatic heterocycles. The second-order valence-electron chi connectivity index (χ2n) is 6.81. The van der Waals surface area contributed by atoms with Crippen LogP contribution in [0.2, 0.25) is 0 Å². The molecule has 4 nitrogen and oxygen atoms in total. The van der Waals surface area contributed by atoms with Gasteiger partial charge in [-0.05, 0) is 55.6 Å². The molecule has 5 heteroatoms. The number of aryl methyl sites for hydroxylation is 1. The topological polar surface area (TPSA) is 41.3 Å². The van der Waals surface area contributed by atoms with Crippen molar-refractivity contribution < 1.29 is 9.50 Å². The molecular formula is C18H22FN3O. The van der Waals surface area contributed by atoms with Crippen LogP contribution in [0.4, 0.5) is 4.39 Å². The van der Waals surface area contributed by atoms with Gasteiger partial charge in [0, 0.05) is 36.8 Å². The van der Waals surface area contributed by atoms with Gasteiger partial charge in [-0.3, -0.25) is 9.58 Å². The highest BCUT2D eigenvalue weighted by Gasteiger charge is 2.41. The van der Waals surface area contributed by atoms with E-state index in [4.69, 9.17) is 0 Å². The number of aromatic nitrogens is 2. The van der Waals surface area contributed by atoms with Gasteiger partial charge in [0.05, 0.1) is 12.3 Å². The van der Waals surface area contributed by atoms with Crippen molar-refractivity contribution in [3.63, 3.8) is 0 Å². The number of hydrogen-bond acceptors (Lipinski definition) is 3. The molecule has 4 atom stereocenters. The lowest BCUT2D eigenvalue weighted by Gasteiger charge is -2.49. The highest BCUT2D eigenvalue weighted by Crippen LogP contribution is 2.42. The van der Waals surface area contributed by atoms with Crippen molar-refractivity contribution in [2.45, 2.75) is 24.8 Å². The first-order chi connectivity index (χ1) is 11.2. The standard InChI is InChI=1S/C18H22FN3O/c1-21-18(9-17(20-21)12-2-4-14(19)5-3-12)16-10-22-7-6-13(16)8-15(22)11-23/h2-5,9,13,15-16,23H,6-8,10-11H2,1H3/t13-,15+,16+/m0/s1. The van der Waals surface area contributed by atoms with E-state index < -0.39 is 0 Å². The highest BCUT2D eigenvalue weighted by atomic mass is 19.1. The summed E-state index contributed by atoms with van der Waals surface area (Å²) in [7, 11) is 1.99. The van der Waals surface area contributed by atoms with Crippen LogP contribution in [0.25, 0.3) is 11.3 Å². The largest absolute Gasteiger partial charge is 0.395 e. The monoisotopic (exact) mass is 315 g/mol. The molecule has 122 valence electrons. The first kappa shape index (κ1) is 14.8. The van der Waals surface area contributed by atoms with E-state index in [1.807, 2.05) is 11.7 Å². The van der Waals surface area contributed by atoms with Crippen LogP contribution in [-0.4, -0.2) is 45.5 Å². The zero-order chi connectivity index (χ0) is 16.0. The minimum atomic E-state index is -0.225. The first-order valence-electron chi connectivity index (χ1n) is 8.30. The number of halogens is 1. The number of benzene rings is 1. The van der Waals surface area contributed by atoms with E-state index in [1.54, 1.807) is 12.1 Å². The lowest BCUT2D eigenvalue weighted by Crippen LogP contribution is -2.53. The number of piperidine rings is 3. The lowest BCUT2D eigenvalue weighted by molar-refractivity contribution is 0.00105. The molecule has 2 bridgehead atoms.